The average Bonchev–Trinajstić information content (AvgIpc) is 2.99. The SMILES string of the molecule is CCNC(=NCCOCCS(C)(=O)=O)NCCc1c[nH]c2ccc(F)cc12.I. The molecule has 0 amide bonds. The Morgan fingerprint density at radius 3 is 2.79 bits per heavy atom. The van der Waals surface area contributed by atoms with Crippen LogP contribution in [-0.4, -0.2) is 64.2 Å². The van der Waals surface area contributed by atoms with E-state index in [0.717, 1.165) is 29.4 Å². The van der Waals surface area contributed by atoms with Crippen molar-refractivity contribution in [3.05, 3.63) is 35.8 Å². The normalized spacial score (nSPS) is 12.0. The predicted octanol–water partition coefficient (Wildman–Crippen LogP) is 2.08. The Hall–Kier alpha value is -1.40. The number of H-pyrrole nitrogens is 1. The number of halogens is 2. The fraction of sp³-hybridized carbons (Fsp3) is 0.500. The molecule has 2 aromatic rings. The third kappa shape index (κ3) is 8.74. The van der Waals surface area contributed by atoms with Crippen molar-refractivity contribution in [2.24, 2.45) is 4.99 Å². The first-order chi connectivity index (χ1) is 12.9. The Kier molecular flexibility index (Phi) is 10.8. The van der Waals surface area contributed by atoms with Gasteiger partial charge in [-0.2, -0.15) is 0 Å². The summed E-state index contributed by atoms with van der Waals surface area (Å²) in [4.78, 5) is 7.54. The highest BCUT2D eigenvalue weighted by Gasteiger charge is 2.05. The summed E-state index contributed by atoms with van der Waals surface area (Å²) in [5.74, 6) is 0.428. The number of aromatic nitrogens is 1. The van der Waals surface area contributed by atoms with E-state index in [1.807, 2.05) is 13.1 Å². The van der Waals surface area contributed by atoms with Gasteiger partial charge in [0, 0.05) is 36.4 Å². The van der Waals surface area contributed by atoms with E-state index in [-0.39, 0.29) is 42.2 Å². The summed E-state index contributed by atoms with van der Waals surface area (Å²) in [6.45, 7) is 4.30. The fourth-order valence-electron chi connectivity index (χ4n) is 2.55. The lowest BCUT2D eigenvalue weighted by molar-refractivity contribution is 0.157. The number of nitrogens with one attached hydrogen (secondary N) is 3. The van der Waals surface area contributed by atoms with Gasteiger partial charge in [0.25, 0.3) is 0 Å². The topological polar surface area (TPSA) is 95.6 Å². The van der Waals surface area contributed by atoms with Gasteiger partial charge in [-0.25, -0.2) is 12.8 Å². The van der Waals surface area contributed by atoms with Crippen LogP contribution in [-0.2, 0) is 21.0 Å². The molecule has 158 valence electrons. The van der Waals surface area contributed by atoms with Crippen molar-refractivity contribution in [1.29, 1.82) is 0 Å². The standard InChI is InChI=1S/C18H27FN4O3S.HI/c1-3-20-18(22-8-9-26-10-11-27(2,24)25)21-7-6-14-13-23-17-5-4-15(19)12-16(14)17;/h4-5,12-13,23H,3,6-11H2,1-2H3,(H2,20,21,22);1H. The van der Waals surface area contributed by atoms with E-state index in [9.17, 15) is 12.8 Å². The maximum absolute atomic E-state index is 13.4. The van der Waals surface area contributed by atoms with E-state index >= 15 is 0 Å². The molecule has 0 aliphatic carbocycles. The van der Waals surface area contributed by atoms with Crippen molar-refractivity contribution in [2.75, 3.05) is 44.9 Å². The van der Waals surface area contributed by atoms with Crippen molar-refractivity contribution in [3.63, 3.8) is 0 Å². The molecule has 10 heteroatoms. The van der Waals surface area contributed by atoms with Gasteiger partial charge in [0.1, 0.15) is 15.7 Å². The van der Waals surface area contributed by atoms with Crippen LogP contribution in [0.5, 0.6) is 0 Å². The smallest absolute Gasteiger partial charge is 0.191 e. The molecule has 0 radical (unpaired) electrons. The third-order valence-corrected chi connectivity index (χ3v) is 4.77. The van der Waals surface area contributed by atoms with Crippen molar-refractivity contribution in [3.8, 4) is 0 Å². The van der Waals surface area contributed by atoms with Crippen LogP contribution >= 0.6 is 24.0 Å². The number of fused-ring (bicyclic) bond motifs is 1. The Morgan fingerprint density at radius 2 is 2.07 bits per heavy atom. The molecule has 7 nitrogen and oxygen atoms in total. The van der Waals surface area contributed by atoms with Gasteiger partial charge in [0.2, 0.25) is 0 Å². The van der Waals surface area contributed by atoms with Gasteiger partial charge in [0.05, 0.1) is 25.5 Å². The molecule has 1 aromatic heterocycles. The van der Waals surface area contributed by atoms with Crippen LogP contribution in [0.1, 0.15) is 12.5 Å². The fourth-order valence-corrected chi connectivity index (χ4v) is 2.97. The molecule has 28 heavy (non-hydrogen) atoms. The van der Waals surface area contributed by atoms with E-state index in [1.54, 1.807) is 6.07 Å². The van der Waals surface area contributed by atoms with Crippen molar-refractivity contribution < 1.29 is 17.5 Å². The molecule has 1 heterocycles. The average molecular weight is 526 g/mol. The highest BCUT2D eigenvalue weighted by atomic mass is 127. The quantitative estimate of drug-likeness (QED) is 0.191. The van der Waals surface area contributed by atoms with Gasteiger partial charge in [-0.1, -0.05) is 0 Å². The summed E-state index contributed by atoms with van der Waals surface area (Å²) in [6.07, 6.45) is 3.80. The van der Waals surface area contributed by atoms with Gasteiger partial charge < -0.3 is 20.4 Å². The van der Waals surface area contributed by atoms with E-state index in [2.05, 4.69) is 20.6 Å². The first-order valence-corrected chi connectivity index (χ1v) is 11.0. The van der Waals surface area contributed by atoms with Crippen LogP contribution in [0, 0.1) is 5.82 Å². The first kappa shape index (κ1) is 24.6. The second-order valence-corrected chi connectivity index (χ2v) is 8.44. The Morgan fingerprint density at radius 1 is 1.29 bits per heavy atom. The molecule has 0 aliphatic rings. The van der Waals surface area contributed by atoms with Crippen LogP contribution in [0.25, 0.3) is 10.9 Å². The lowest BCUT2D eigenvalue weighted by Gasteiger charge is -2.11. The molecule has 1 aromatic carbocycles. The Labute approximate surface area is 182 Å². The minimum Gasteiger partial charge on any atom is -0.378 e. The molecule has 0 bridgehead atoms. The molecule has 0 atom stereocenters. The molecule has 0 saturated carbocycles. The van der Waals surface area contributed by atoms with E-state index in [4.69, 9.17) is 4.74 Å². The van der Waals surface area contributed by atoms with Crippen molar-refractivity contribution in [2.45, 2.75) is 13.3 Å². The molecule has 0 unspecified atom stereocenters. The molecule has 3 N–H and O–H groups in total. The molecule has 2 rings (SSSR count). The summed E-state index contributed by atoms with van der Waals surface area (Å²) in [5.41, 5.74) is 1.95. The number of guanidine groups is 1. The maximum Gasteiger partial charge on any atom is 0.191 e. The molecule has 0 saturated heterocycles. The number of ether oxygens (including phenoxy) is 1. The molecule has 0 fully saturated rings. The van der Waals surface area contributed by atoms with Crippen LogP contribution < -0.4 is 10.6 Å². The van der Waals surface area contributed by atoms with Crippen molar-refractivity contribution >= 4 is 50.7 Å². The van der Waals surface area contributed by atoms with Gasteiger partial charge in [-0.3, -0.25) is 4.99 Å². The minimum atomic E-state index is -3.00. The van der Waals surface area contributed by atoms with Gasteiger partial charge in [-0.05, 0) is 37.1 Å². The van der Waals surface area contributed by atoms with Crippen LogP contribution in [0.4, 0.5) is 4.39 Å². The van der Waals surface area contributed by atoms with E-state index < -0.39 is 9.84 Å². The van der Waals surface area contributed by atoms with Crippen LogP contribution in [0.3, 0.4) is 0 Å². The highest BCUT2D eigenvalue weighted by molar-refractivity contribution is 14.0. The molecule has 0 spiro atoms. The highest BCUT2D eigenvalue weighted by Crippen LogP contribution is 2.19. The van der Waals surface area contributed by atoms with E-state index in [0.29, 0.717) is 25.7 Å². The lowest BCUT2D eigenvalue weighted by Crippen LogP contribution is -2.38. The summed E-state index contributed by atoms with van der Waals surface area (Å²) in [6, 6.07) is 4.71. The second-order valence-electron chi connectivity index (χ2n) is 6.18. The Bertz CT molecular complexity index is 871. The monoisotopic (exact) mass is 526 g/mol. The molecular formula is C18H28FIN4O3S. The zero-order valence-electron chi connectivity index (χ0n) is 16.1. The number of hydrogen-bond acceptors (Lipinski definition) is 4. The first-order valence-electron chi connectivity index (χ1n) is 8.92. The third-order valence-electron chi connectivity index (χ3n) is 3.86. The van der Waals surface area contributed by atoms with Gasteiger partial charge in [0.15, 0.2) is 5.96 Å². The zero-order chi connectivity index (χ0) is 19.7. The molecule has 0 aliphatic heterocycles. The Balaban J connectivity index is 0.00000392. The zero-order valence-corrected chi connectivity index (χ0v) is 19.3. The summed E-state index contributed by atoms with van der Waals surface area (Å²) < 4.78 is 40.8. The predicted molar refractivity (Wildman–Crippen MR) is 122 cm³/mol. The van der Waals surface area contributed by atoms with Crippen LogP contribution in [0.2, 0.25) is 0 Å². The number of aromatic amines is 1. The lowest BCUT2D eigenvalue weighted by atomic mass is 10.1. The number of sulfone groups is 1. The number of benzene rings is 1. The van der Waals surface area contributed by atoms with Crippen LogP contribution in [0.15, 0.2) is 29.4 Å². The van der Waals surface area contributed by atoms with Crippen molar-refractivity contribution in [1.82, 2.24) is 15.6 Å². The molecular weight excluding hydrogens is 498 g/mol. The second kappa shape index (κ2) is 12.2. The largest absolute Gasteiger partial charge is 0.378 e. The van der Waals surface area contributed by atoms with Gasteiger partial charge in [-0.15, -0.1) is 24.0 Å². The summed E-state index contributed by atoms with van der Waals surface area (Å²) in [5, 5.41) is 7.26. The number of hydrogen-bond donors (Lipinski definition) is 3. The van der Waals surface area contributed by atoms with E-state index in [1.165, 1.54) is 18.4 Å². The maximum atomic E-state index is 13.4. The summed E-state index contributed by atoms with van der Waals surface area (Å²) >= 11 is 0. The number of aliphatic imine (C=N–C) groups is 1. The van der Waals surface area contributed by atoms with Gasteiger partial charge >= 0.3 is 0 Å². The number of nitrogens with zero attached hydrogens (tertiary/aromatic N) is 1. The number of rotatable bonds is 10. The summed E-state index contributed by atoms with van der Waals surface area (Å²) in [7, 11) is -3.00. The minimum absolute atomic E-state index is 0.